The lowest BCUT2D eigenvalue weighted by molar-refractivity contribution is 0.0543. The van der Waals surface area contributed by atoms with Gasteiger partial charge >= 0.3 is 0 Å². The third-order valence-corrected chi connectivity index (χ3v) is 6.81. The fourth-order valence-electron chi connectivity index (χ4n) is 5.18. The Hall–Kier alpha value is -2.25. The van der Waals surface area contributed by atoms with E-state index in [-0.39, 0.29) is 5.82 Å². The second kappa shape index (κ2) is 8.47. The number of likely N-dealkylation sites (tertiary alicyclic amines) is 1. The zero-order chi connectivity index (χ0) is 20.4. The molecule has 30 heavy (non-hydrogen) atoms. The van der Waals surface area contributed by atoms with Crippen molar-refractivity contribution in [3.05, 3.63) is 42.6 Å². The van der Waals surface area contributed by atoms with Gasteiger partial charge in [-0.05, 0) is 62.4 Å². The van der Waals surface area contributed by atoms with Crippen LogP contribution in [0, 0.1) is 17.2 Å². The summed E-state index contributed by atoms with van der Waals surface area (Å²) in [4.78, 5) is 13.7. The molecule has 0 N–H and O–H groups in total. The largest absolute Gasteiger partial charge is 0.452 e. The molecule has 0 radical (unpaired) electrons. The minimum atomic E-state index is -0.278. The summed E-state index contributed by atoms with van der Waals surface area (Å²) in [6, 6.07) is 6.05. The maximum atomic E-state index is 13.2. The van der Waals surface area contributed by atoms with Crippen molar-refractivity contribution in [1.82, 2.24) is 14.9 Å². The Balaban J connectivity index is 1.24. The number of hydrogen-bond acceptors (Lipinski definition) is 6. The van der Waals surface area contributed by atoms with E-state index in [0.717, 1.165) is 38.0 Å². The second-order valence-corrected chi connectivity index (χ2v) is 8.98. The van der Waals surface area contributed by atoms with Crippen LogP contribution in [0.15, 0.2) is 36.8 Å². The van der Waals surface area contributed by atoms with Gasteiger partial charge in [0.15, 0.2) is 11.6 Å². The first kappa shape index (κ1) is 19.7. The molecular weight excluding hydrogens is 383 g/mol. The predicted octanol–water partition coefficient (Wildman–Crippen LogP) is 3.74. The maximum absolute atomic E-state index is 13.2. The molecule has 1 aromatic heterocycles. The first-order chi connectivity index (χ1) is 14.7. The van der Waals surface area contributed by atoms with Crippen LogP contribution < -0.4 is 9.64 Å². The highest BCUT2D eigenvalue weighted by molar-refractivity contribution is 5.53. The molecule has 5 rings (SSSR count). The molecule has 3 aliphatic heterocycles. The van der Waals surface area contributed by atoms with E-state index in [4.69, 9.17) is 9.47 Å². The molecule has 1 spiro atoms. The van der Waals surface area contributed by atoms with Crippen LogP contribution in [-0.4, -0.2) is 60.8 Å². The van der Waals surface area contributed by atoms with Crippen molar-refractivity contribution in [2.45, 2.75) is 25.7 Å². The van der Waals surface area contributed by atoms with E-state index in [1.165, 1.54) is 57.5 Å². The first-order valence-electron chi connectivity index (χ1n) is 11.0. The van der Waals surface area contributed by atoms with Gasteiger partial charge in [-0.3, -0.25) is 0 Å². The van der Waals surface area contributed by atoms with Gasteiger partial charge in [-0.1, -0.05) is 0 Å². The van der Waals surface area contributed by atoms with E-state index in [0.29, 0.717) is 16.9 Å². The van der Waals surface area contributed by atoms with Gasteiger partial charge in [0.25, 0.3) is 0 Å². The number of rotatable bonds is 5. The number of ether oxygens (including phenoxy) is 2. The third-order valence-electron chi connectivity index (χ3n) is 6.81. The Labute approximate surface area is 177 Å². The summed E-state index contributed by atoms with van der Waals surface area (Å²) < 4.78 is 24.7. The number of hydrogen-bond donors (Lipinski definition) is 0. The number of nitrogens with zero attached hydrogens (tertiary/aromatic N) is 4. The van der Waals surface area contributed by atoms with E-state index in [9.17, 15) is 4.39 Å². The second-order valence-electron chi connectivity index (χ2n) is 8.98. The quantitative estimate of drug-likeness (QED) is 0.746. The zero-order valence-electron chi connectivity index (χ0n) is 17.3. The van der Waals surface area contributed by atoms with Crippen LogP contribution >= 0.6 is 0 Å². The summed E-state index contributed by atoms with van der Waals surface area (Å²) >= 11 is 0. The SMILES string of the molecule is Fc1ccc(Oc2cncnc2N2CCC3(CCN(CC4CCOCC4)C3)C2)cc1. The molecule has 3 aliphatic rings. The summed E-state index contributed by atoms with van der Waals surface area (Å²) in [5.41, 5.74) is 0.337. The fraction of sp³-hybridized carbons (Fsp3) is 0.565. The molecule has 3 fully saturated rings. The standard InChI is InChI=1S/C23H29FN4O2/c24-19-1-3-20(4-2-19)30-21-13-25-17-26-22(21)28-10-8-23(16-28)7-9-27(15-23)14-18-5-11-29-12-6-18/h1-4,13,17-18H,5-12,14-16H2. The molecule has 160 valence electrons. The van der Waals surface area contributed by atoms with Gasteiger partial charge < -0.3 is 19.3 Å². The Bertz CT molecular complexity index is 859. The Morgan fingerprint density at radius 3 is 2.73 bits per heavy atom. The molecule has 1 unspecified atom stereocenters. The van der Waals surface area contributed by atoms with Crippen LogP contribution in [0.2, 0.25) is 0 Å². The van der Waals surface area contributed by atoms with Crippen LogP contribution in [0.3, 0.4) is 0 Å². The molecule has 2 aromatic rings. The third kappa shape index (κ3) is 4.27. The van der Waals surface area contributed by atoms with E-state index in [1.807, 2.05) is 0 Å². The molecule has 0 bridgehead atoms. The number of halogens is 1. The molecule has 7 heteroatoms. The van der Waals surface area contributed by atoms with Gasteiger partial charge in [0, 0.05) is 44.8 Å². The van der Waals surface area contributed by atoms with Gasteiger partial charge in [-0.15, -0.1) is 0 Å². The van der Waals surface area contributed by atoms with Crippen molar-refractivity contribution >= 4 is 5.82 Å². The summed E-state index contributed by atoms with van der Waals surface area (Å²) in [7, 11) is 0. The van der Waals surface area contributed by atoms with Crippen LogP contribution in [0.25, 0.3) is 0 Å². The minimum Gasteiger partial charge on any atom is -0.452 e. The van der Waals surface area contributed by atoms with Crippen LogP contribution in [0.1, 0.15) is 25.7 Å². The average Bonchev–Trinajstić information content (AvgIpc) is 3.37. The summed E-state index contributed by atoms with van der Waals surface area (Å²) in [6.45, 7) is 7.37. The Morgan fingerprint density at radius 2 is 1.90 bits per heavy atom. The van der Waals surface area contributed by atoms with Crippen molar-refractivity contribution in [3.8, 4) is 11.5 Å². The molecule has 1 aromatic carbocycles. The monoisotopic (exact) mass is 412 g/mol. The molecule has 0 aliphatic carbocycles. The molecule has 3 saturated heterocycles. The molecule has 1 atom stereocenters. The summed E-state index contributed by atoms with van der Waals surface area (Å²) in [5, 5.41) is 0. The predicted molar refractivity (Wildman–Crippen MR) is 112 cm³/mol. The van der Waals surface area contributed by atoms with Crippen LogP contribution in [0.4, 0.5) is 10.2 Å². The highest BCUT2D eigenvalue weighted by Crippen LogP contribution is 2.43. The molecule has 0 amide bonds. The lowest BCUT2D eigenvalue weighted by Gasteiger charge is -2.29. The Morgan fingerprint density at radius 1 is 1.10 bits per heavy atom. The van der Waals surface area contributed by atoms with Crippen molar-refractivity contribution in [2.24, 2.45) is 11.3 Å². The van der Waals surface area contributed by atoms with E-state index in [2.05, 4.69) is 19.8 Å². The number of benzene rings is 1. The normalized spacial score (nSPS) is 25.3. The molecule has 0 saturated carbocycles. The van der Waals surface area contributed by atoms with Gasteiger partial charge in [0.1, 0.15) is 17.9 Å². The van der Waals surface area contributed by atoms with Gasteiger partial charge in [0.2, 0.25) is 0 Å². The molecular formula is C23H29FN4O2. The van der Waals surface area contributed by atoms with Gasteiger partial charge in [-0.25, -0.2) is 14.4 Å². The summed E-state index contributed by atoms with van der Waals surface area (Å²) in [6.07, 6.45) is 8.08. The molecule has 6 nitrogen and oxygen atoms in total. The van der Waals surface area contributed by atoms with Crippen LogP contribution in [0.5, 0.6) is 11.5 Å². The van der Waals surface area contributed by atoms with E-state index in [1.54, 1.807) is 24.7 Å². The fourth-order valence-corrected chi connectivity index (χ4v) is 5.18. The van der Waals surface area contributed by atoms with Gasteiger partial charge in [-0.2, -0.15) is 0 Å². The Kier molecular flexibility index (Phi) is 5.56. The van der Waals surface area contributed by atoms with Crippen LogP contribution in [-0.2, 0) is 4.74 Å². The number of anilines is 1. The van der Waals surface area contributed by atoms with Crippen molar-refractivity contribution in [2.75, 3.05) is 50.8 Å². The molecule has 4 heterocycles. The summed E-state index contributed by atoms with van der Waals surface area (Å²) in [5.74, 6) is 2.54. The van der Waals surface area contributed by atoms with Gasteiger partial charge in [0.05, 0.1) is 6.20 Å². The zero-order valence-corrected chi connectivity index (χ0v) is 17.3. The smallest absolute Gasteiger partial charge is 0.188 e. The lowest BCUT2D eigenvalue weighted by Crippen LogP contribution is -2.34. The highest BCUT2D eigenvalue weighted by atomic mass is 19.1. The first-order valence-corrected chi connectivity index (χ1v) is 11.0. The van der Waals surface area contributed by atoms with E-state index >= 15 is 0 Å². The topological polar surface area (TPSA) is 50.7 Å². The van der Waals surface area contributed by atoms with E-state index < -0.39 is 0 Å². The minimum absolute atomic E-state index is 0.278. The average molecular weight is 413 g/mol. The van der Waals surface area contributed by atoms with Crippen molar-refractivity contribution < 1.29 is 13.9 Å². The maximum Gasteiger partial charge on any atom is 0.188 e. The van der Waals surface area contributed by atoms with Crippen molar-refractivity contribution in [3.63, 3.8) is 0 Å². The van der Waals surface area contributed by atoms with Crippen molar-refractivity contribution in [1.29, 1.82) is 0 Å². The lowest BCUT2D eigenvalue weighted by atomic mass is 9.86. The number of aromatic nitrogens is 2. The highest BCUT2D eigenvalue weighted by Gasteiger charge is 2.44.